The number of nitrogens with zero attached hydrogens (tertiary/aromatic N) is 1. The second-order valence-corrected chi connectivity index (χ2v) is 6.01. The third-order valence-electron chi connectivity index (χ3n) is 4.79. The molecule has 2 heteroatoms. The van der Waals surface area contributed by atoms with Crippen LogP contribution < -0.4 is 0 Å². The number of carbonyl (C=O) groups excluding carboxylic acids is 1. The average Bonchev–Trinajstić information content (AvgIpc) is 2.39. The fraction of sp³-hybridized carbons (Fsp3) is 0.562. The Morgan fingerprint density at radius 1 is 1.11 bits per heavy atom. The van der Waals surface area contributed by atoms with Gasteiger partial charge in [0, 0.05) is 24.3 Å². The summed E-state index contributed by atoms with van der Waals surface area (Å²) in [6.07, 6.45) is 3.12. The molecule has 0 saturated heterocycles. The maximum absolute atomic E-state index is 12.1. The van der Waals surface area contributed by atoms with Gasteiger partial charge in [0.1, 0.15) is 5.78 Å². The molecule has 0 aliphatic heterocycles. The van der Waals surface area contributed by atoms with E-state index in [1.54, 1.807) is 0 Å². The number of hydrogen-bond donors (Lipinski definition) is 0. The largest absolute Gasteiger partial charge is 0.305 e. The quantitative estimate of drug-likeness (QED) is 0.796. The van der Waals surface area contributed by atoms with Crippen molar-refractivity contribution in [2.24, 2.45) is 11.8 Å². The van der Waals surface area contributed by atoms with E-state index in [4.69, 9.17) is 0 Å². The minimum atomic E-state index is 0.259. The molecule has 3 aliphatic rings. The second-order valence-electron chi connectivity index (χ2n) is 6.01. The number of benzene rings is 1. The van der Waals surface area contributed by atoms with E-state index < -0.39 is 0 Å². The summed E-state index contributed by atoms with van der Waals surface area (Å²) in [5.74, 6) is 1.85. The lowest BCUT2D eigenvalue weighted by molar-refractivity contribution is -0.134. The molecule has 3 aliphatic carbocycles. The lowest BCUT2D eigenvalue weighted by Gasteiger charge is -2.50. The summed E-state index contributed by atoms with van der Waals surface area (Å²) in [6, 6.07) is 11.2. The third kappa shape index (κ3) is 1.79. The zero-order chi connectivity index (χ0) is 12.7. The molecule has 0 heterocycles. The van der Waals surface area contributed by atoms with Crippen LogP contribution in [0.2, 0.25) is 0 Å². The van der Waals surface area contributed by atoms with E-state index in [-0.39, 0.29) is 5.92 Å². The number of likely N-dealkylation sites (N-methyl/N-ethyl adjacent to an activating group) is 1. The van der Waals surface area contributed by atoms with Crippen LogP contribution in [0.25, 0.3) is 0 Å². The number of rotatable bonds is 2. The number of Topliss-reactive ketones (excluding diaryl/α,β-unsaturated/α-hetero) is 1. The molecule has 0 amide bonds. The maximum atomic E-state index is 12.1. The van der Waals surface area contributed by atoms with Crippen molar-refractivity contribution in [3.05, 3.63) is 35.9 Å². The van der Waals surface area contributed by atoms with Crippen molar-refractivity contribution < 1.29 is 4.79 Å². The SMILES string of the molecule is CN(C)[C@@H]1[C@@H](c2ccccc2)[C@@H]2CC[C@H]1C(=O)C2. The minimum absolute atomic E-state index is 0.259. The topological polar surface area (TPSA) is 20.3 Å². The Bertz CT molecular complexity index is 440. The molecule has 1 aromatic carbocycles. The Morgan fingerprint density at radius 2 is 1.83 bits per heavy atom. The third-order valence-corrected chi connectivity index (χ3v) is 4.79. The second kappa shape index (κ2) is 4.51. The van der Waals surface area contributed by atoms with Crippen LogP contribution in [-0.2, 0) is 4.79 Å². The summed E-state index contributed by atoms with van der Waals surface area (Å²) in [7, 11) is 4.24. The van der Waals surface area contributed by atoms with Gasteiger partial charge in [0.15, 0.2) is 0 Å². The summed E-state index contributed by atoms with van der Waals surface area (Å²) >= 11 is 0. The van der Waals surface area contributed by atoms with Crippen molar-refractivity contribution in [2.45, 2.75) is 31.2 Å². The zero-order valence-corrected chi connectivity index (χ0v) is 11.2. The highest BCUT2D eigenvalue weighted by atomic mass is 16.1. The summed E-state index contributed by atoms with van der Waals surface area (Å²) in [5.41, 5.74) is 1.42. The molecule has 4 rings (SSSR count). The lowest BCUT2D eigenvalue weighted by Crippen LogP contribution is -2.53. The van der Waals surface area contributed by atoms with Crippen molar-refractivity contribution in [2.75, 3.05) is 14.1 Å². The maximum Gasteiger partial charge on any atom is 0.137 e. The van der Waals surface area contributed by atoms with Crippen LogP contribution in [0.5, 0.6) is 0 Å². The highest BCUT2D eigenvalue weighted by Gasteiger charge is 2.49. The van der Waals surface area contributed by atoms with Crippen LogP contribution in [0, 0.1) is 11.8 Å². The first-order valence-electron chi connectivity index (χ1n) is 6.92. The average molecular weight is 243 g/mol. The summed E-state index contributed by atoms with van der Waals surface area (Å²) in [5, 5.41) is 0. The van der Waals surface area contributed by atoms with E-state index in [0.717, 1.165) is 12.8 Å². The Morgan fingerprint density at radius 3 is 2.44 bits per heavy atom. The molecule has 0 spiro atoms. The van der Waals surface area contributed by atoms with E-state index in [1.807, 2.05) is 0 Å². The molecule has 2 bridgehead atoms. The van der Waals surface area contributed by atoms with Crippen LogP contribution >= 0.6 is 0 Å². The zero-order valence-electron chi connectivity index (χ0n) is 11.2. The number of hydrogen-bond acceptors (Lipinski definition) is 2. The van der Waals surface area contributed by atoms with Gasteiger partial charge in [0.05, 0.1) is 0 Å². The molecule has 0 N–H and O–H groups in total. The van der Waals surface area contributed by atoms with Gasteiger partial charge in [-0.1, -0.05) is 30.3 Å². The molecule has 0 unspecified atom stereocenters. The molecule has 3 saturated carbocycles. The van der Waals surface area contributed by atoms with E-state index in [1.165, 1.54) is 12.0 Å². The first kappa shape index (κ1) is 11.9. The lowest BCUT2D eigenvalue weighted by atomic mass is 9.59. The number of carbonyl (C=O) groups is 1. The van der Waals surface area contributed by atoms with E-state index >= 15 is 0 Å². The predicted octanol–water partition coefficient (Wildman–Crippen LogP) is 2.70. The molecule has 96 valence electrons. The fourth-order valence-corrected chi connectivity index (χ4v) is 4.09. The van der Waals surface area contributed by atoms with Crippen LogP contribution in [0.4, 0.5) is 0 Å². The van der Waals surface area contributed by atoms with E-state index in [9.17, 15) is 4.79 Å². The molecular weight excluding hydrogens is 222 g/mol. The van der Waals surface area contributed by atoms with Gasteiger partial charge in [-0.2, -0.15) is 0 Å². The normalized spacial score (nSPS) is 35.2. The van der Waals surface area contributed by atoms with Gasteiger partial charge in [-0.05, 0) is 38.4 Å². The molecule has 0 radical (unpaired) electrons. The molecule has 4 atom stereocenters. The van der Waals surface area contributed by atoms with Gasteiger partial charge in [0.25, 0.3) is 0 Å². The Hall–Kier alpha value is -1.15. The van der Waals surface area contributed by atoms with Crippen molar-refractivity contribution in [1.82, 2.24) is 4.90 Å². The predicted molar refractivity (Wildman–Crippen MR) is 72.5 cm³/mol. The van der Waals surface area contributed by atoms with Crippen LogP contribution in [-0.4, -0.2) is 30.8 Å². The van der Waals surface area contributed by atoms with Crippen LogP contribution in [0.3, 0.4) is 0 Å². The monoisotopic (exact) mass is 243 g/mol. The molecule has 3 fully saturated rings. The van der Waals surface area contributed by atoms with Gasteiger partial charge >= 0.3 is 0 Å². The molecule has 0 aromatic heterocycles. The van der Waals surface area contributed by atoms with Crippen molar-refractivity contribution in [3.63, 3.8) is 0 Å². The van der Waals surface area contributed by atoms with E-state index in [2.05, 4.69) is 49.3 Å². The first-order valence-corrected chi connectivity index (χ1v) is 6.92. The standard InChI is InChI=1S/C16H21NO/c1-17(2)16-13-9-8-12(10-14(13)18)15(16)11-6-4-3-5-7-11/h3-7,12-13,15-16H,8-10H2,1-2H3/t12-,13+,15+,16+/m1/s1. The molecule has 1 aromatic rings. The van der Waals surface area contributed by atoms with Gasteiger partial charge in [-0.15, -0.1) is 0 Å². The highest BCUT2D eigenvalue weighted by Crippen LogP contribution is 2.49. The Kier molecular flexibility index (Phi) is 2.98. The minimum Gasteiger partial charge on any atom is -0.305 e. The van der Waals surface area contributed by atoms with Crippen LogP contribution in [0.15, 0.2) is 30.3 Å². The fourth-order valence-electron chi connectivity index (χ4n) is 4.09. The Labute approximate surface area is 109 Å². The van der Waals surface area contributed by atoms with Gasteiger partial charge < -0.3 is 4.90 Å². The van der Waals surface area contributed by atoms with Crippen molar-refractivity contribution in [1.29, 1.82) is 0 Å². The smallest absolute Gasteiger partial charge is 0.137 e. The summed E-state index contributed by atoms with van der Waals surface area (Å²) in [4.78, 5) is 14.4. The Balaban J connectivity index is 1.99. The van der Waals surface area contributed by atoms with Gasteiger partial charge in [-0.3, -0.25) is 4.79 Å². The molecule has 2 nitrogen and oxygen atoms in total. The van der Waals surface area contributed by atoms with Gasteiger partial charge in [-0.25, -0.2) is 0 Å². The summed E-state index contributed by atoms with van der Waals surface area (Å²) < 4.78 is 0. The van der Waals surface area contributed by atoms with Crippen molar-refractivity contribution in [3.8, 4) is 0 Å². The first-order chi connectivity index (χ1) is 8.68. The van der Waals surface area contributed by atoms with Crippen molar-refractivity contribution >= 4 is 5.78 Å². The van der Waals surface area contributed by atoms with Crippen LogP contribution in [0.1, 0.15) is 30.7 Å². The van der Waals surface area contributed by atoms with Gasteiger partial charge in [0.2, 0.25) is 0 Å². The number of ketones is 1. The number of fused-ring (bicyclic) bond motifs is 3. The molecular formula is C16H21NO. The highest BCUT2D eigenvalue weighted by molar-refractivity contribution is 5.84. The summed E-state index contributed by atoms with van der Waals surface area (Å²) in [6.45, 7) is 0. The van der Waals surface area contributed by atoms with E-state index in [0.29, 0.717) is 23.7 Å². The molecule has 18 heavy (non-hydrogen) atoms.